The molecule has 0 radical (unpaired) electrons. The van der Waals surface area contributed by atoms with E-state index in [4.69, 9.17) is 16.3 Å². The summed E-state index contributed by atoms with van der Waals surface area (Å²) >= 11 is 6.97. The molecular formula is C14H11ClN2O5S. The highest BCUT2D eigenvalue weighted by Crippen LogP contribution is 2.27. The third kappa shape index (κ3) is 4.27. The van der Waals surface area contributed by atoms with Gasteiger partial charge in [0.15, 0.2) is 6.61 Å². The van der Waals surface area contributed by atoms with Crippen molar-refractivity contribution in [3.63, 3.8) is 0 Å². The van der Waals surface area contributed by atoms with Crippen LogP contribution < -0.4 is 5.32 Å². The van der Waals surface area contributed by atoms with Gasteiger partial charge in [0.1, 0.15) is 10.6 Å². The van der Waals surface area contributed by atoms with E-state index in [1.165, 1.54) is 29.5 Å². The molecule has 0 fully saturated rings. The van der Waals surface area contributed by atoms with E-state index >= 15 is 0 Å². The van der Waals surface area contributed by atoms with Gasteiger partial charge in [0.25, 0.3) is 11.6 Å². The maximum absolute atomic E-state index is 11.8. The lowest BCUT2D eigenvalue weighted by molar-refractivity contribution is -0.383. The van der Waals surface area contributed by atoms with Crippen LogP contribution in [0.25, 0.3) is 0 Å². The Labute approximate surface area is 140 Å². The van der Waals surface area contributed by atoms with Crippen molar-refractivity contribution in [3.05, 3.63) is 55.2 Å². The number of halogens is 1. The van der Waals surface area contributed by atoms with E-state index < -0.39 is 23.4 Å². The highest BCUT2D eigenvalue weighted by atomic mass is 35.5. The van der Waals surface area contributed by atoms with Gasteiger partial charge in [-0.1, -0.05) is 11.6 Å². The molecule has 1 heterocycles. The number of anilines is 1. The minimum atomic E-state index is -0.696. The topological polar surface area (TPSA) is 98.5 Å². The highest BCUT2D eigenvalue weighted by molar-refractivity contribution is 7.12. The van der Waals surface area contributed by atoms with Crippen molar-refractivity contribution in [2.75, 3.05) is 11.9 Å². The van der Waals surface area contributed by atoms with E-state index in [0.717, 1.165) is 5.56 Å². The number of hydrogen-bond donors (Lipinski definition) is 1. The van der Waals surface area contributed by atoms with Gasteiger partial charge in [-0.3, -0.25) is 14.9 Å². The molecule has 0 aliphatic heterocycles. The largest absolute Gasteiger partial charge is 0.451 e. The molecule has 9 heteroatoms. The number of nitrogens with zero attached hydrogens (tertiary/aromatic N) is 1. The van der Waals surface area contributed by atoms with Crippen molar-refractivity contribution in [1.82, 2.24) is 0 Å². The fourth-order valence-corrected chi connectivity index (χ4v) is 2.72. The smallest absolute Gasteiger partial charge is 0.349 e. The fourth-order valence-electron chi connectivity index (χ4n) is 1.73. The second kappa shape index (κ2) is 7.21. The summed E-state index contributed by atoms with van der Waals surface area (Å²) in [5.41, 5.74) is 0.393. The molecule has 7 nitrogen and oxygen atoms in total. The van der Waals surface area contributed by atoms with E-state index in [-0.39, 0.29) is 16.4 Å². The molecule has 0 atom stereocenters. The Bertz CT molecular complexity index is 774. The standard InChI is InChI=1S/C14H11ClN2O5S/c1-8-4-5-23-13(8)14(19)22-7-12(18)16-10-6-9(15)2-3-11(10)17(20)21/h2-6H,7H2,1H3,(H,16,18). The summed E-state index contributed by atoms with van der Waals surface area (Å²) in [7, 11) is 0. The lowest BCUT2D eigenvalue weighted by Gasteiger charge is -2.07. The first kappa shape index (κ1) is 16.9. The van der Waals surface area contributed by atoms with Crippen molar-refractivity contribution in [2.45, 2.75) is 6.92 Å². The Kier molecular flexibility index (Phi) is 5.30. The van der Waals surface area contributed by atoms with Gasteiger partial charge in [0, 0.05) is 11.1 Å². The number of nitrogens with one attached hydrogen (secondary N) is 1. The van der Waals surface area contributed by atoms with Gasteiger partial charge in [-0.15, -0.1) is 11.3 Å². The van der Waals surface area contributed by atoms with Crippen molar-refractivity contribution >= 4 is 46.2 Å². The fraction of sp³-hybridized carbons (Fsp3) is 0.143. The molecule has 120 valence electrons. The molecule has 2 aromatic rings. The number of hydrogen-bond acceptors (Lipinski definition) is 6. The zero-order valence-corrected chi connectivity index (χ0v) is 13.4. The second-order valence-corrected chi connectivity index (χ2v) is 5.83. The van der Waals surface area contributed by atoms with Crippen molar-refractivity contribution in [3.8, 4) is 0 Å². The summed E-state index contributed by atoms with van der Waals surface area (Å²) in [5, 5.41) is 15.2. The predicted octanol–water partition coefficient (Wildman–Crippen LogP) is 3.41. The molecule has 2 rings (SSSR count). The maximum Gasteiger partial charge on any atom is 0.349 e. The SMILES string of the molecule is Cc1ccsc1C(=O)OCC(=O)Nc1cc(Cl)ccc1[N+](=O)[O-]. The summed E-state index contributed by atoms with van der Waals surface area (Å²) in [5.74, 6) is -1.31. The number of amides is 1. The highest BCUT2D eigenvalue weighted by Gasteiger charge is 2.18. The van der Waals surface area contributed by atoms with Gasteiger partial charge < -0.3 is 10.1 Å². The average molecular weight is 355 g/mol. The first-order valence-electron chi connectivity index (χ1n) is 6.33. The minimum Gasteiger partial charge on any atom is -0.451 e. The van der Waals surface area contributed by atoms with Crippen LogP contribution in [0.15, 0.2) is 29.6 Å². The van der Waals surface area contributed by atoms with Crippen LogP contribution in [0, 0.1) is 17.0 Å². The normalized spacial score (nSPS) is 10.2. The van der Waals surface area contributed by atoms with Gasteiger partial charge in [-0.05, 0) is 36.1 Å². The molecule has 0 saturated carbocycles. The summed E-state index contributed by atoms with van der Waals surface area (Å²) in [4.78, 5) is 34.3. The summed E-state index contributed by atoms with van der Waals surface area (Å²) < 4.78 is 4.89. The molecule has 0 aliphatic rings. The van der Waals surface area contributed by atoms with E-state index in [1.54, 1.807) is 18.4 Å². The number of rotatable bonds is 5. The van der Waals surface area contributed by atoms with Crippen LogP contribution in [0.5, 0.6) is 0 Å². The molecule has 0 aliphatic carbocycles. The quantitative estimate of drug-likeness (QED) is 0.504. The molecule has 0 unspecified atom stereocenters. The first-order valence-corrected chi connectivity index (χ1v) is 7.59. The van der Waals surface area contributed by atoms with Gasteiger partial charge in [-0.2, -0.15) is 0 Å². The Morgan fingerprint density at radius 1 is 1.39 bits per heavy atom. The number of esters is 1. The van der Waals surface area contributed by atoms with Crippen molar-refractivity contribution < 1.29 is 19.2 Å². The average Bonchev–Trinajstić information content (AvgIpc) is 2.90. The van der Waals surface area contributed by atoms with E-state index in [1.807, 2.05) is 0 Å². The van der Waals surface area contributed by atoms with Crippen LogP contribution in [-0.4, -0.2) is 23.4 Å². The third-order valence-electron chi connectivity index (χ3n) is 2.81. The number of thiophene rings is 1. The zero-order chi connectivity index (χ0) is 17.0. The Morgan fingerprint density at radius 3 is 2.74 bits per heavy atom. The Hall–Kier alpha value is -2.45. The van der Waals surface area contributed by atoms with Gasteiger partial charge in [-0.25, -0.2) is 4.79 Å². The summed E-state index contributed by atoms with van der Waals surface area (Å²) in [6, 6.07) is 5.54. The van der Waals surface area contributed by atoms with Crippen LogP contribution in [0.4, 0.5) is 11.4 Å². The van der Waals surface area contributed by atoms with Crippen LogP contribution >= 0.6 is 22.9 Å². The van der Waals surface area contributed by atoms with Crippen LogP contribution in [0.1, 0.15) is 15.2 Å². The van der Waals surface area contributed by atoms with E-state index in [9.17, 15) is 19.7 Å². The van der Waals surface area contributed by atoms with Gasteiger partial charge in [0.05, 0.1) is 4.92 Å². The number of carbonyl (C=O) groups excluding carboxylic acids is 2. The lowest BCUT2D eigenvalue weighted by Crippen LogP contribution is -2.21. The Morgan fingerprint density at radius 2 is 2.13 bits per heavy atom. The first-order chi connectivity index (χ1) is 10.9. The molecule has 1 aromatic carbocycles. The molecule has 0 saturated heterocycles. The van der Waals surface area contributed by atoms with Gasteiger partial charge in [0.2, 0.25) is 0 Å². The molecule has 1 aromatic heterocycles. The van der Waals surface area contributed by atoms with Crippen molar-refractivity contribution in [2.24, 2.45) is 0 Å². The summed E-state index contributed by atoms with van der Waals surface area (Å²) in [6.45, 7) is 1.20. The second-order valence-electron chi connectivity index (χ2n) is 4.48. The van der Waals surface area contributed by atoms with Crippen LogP contribution in [0.2, 0.25) is 5.02 Å². The zero-order valence-electron chi connectivity index (χ0n) is 11.9. The van der Waals surface area contributed by atoms with E-state index in [0.29, 0.717) is 4.88 Å². The number of aryl methyl sites for hydroxylation is 1. The summed E-state index contributed by atoms with van der Waals surface area (Å²) in [6.07, 6.45) is 0. The molecule has 1 amide bonds. The van der Waals surface area contributed by atoms with Crippen LogP contribution in [0.3, 0.4) is 0 Å². The molecule has 23 heavy (non-hydrogen) atoms. The predicted molar refractivity (Wildman–Crippen MR) is 86.1 cm³/mol. The third-order valence-corrected chi connectivity index (χ3v) is 4.04. The number of benzene rings is 1. The molecule has 1 N–H and O–H groups in total. The minimum absolute atomic E-state index is 0.0594. The lowest BCUT2D eigenvalue weighted by atomic mass is 10.2. The molecule has 0 spiro atoms. The monoisotopic (exact) mass is 354 g/mol. The molecule has 0 bridgehead atoms. The van der Waals surface area contributed by atoms with E-state index in [2.05, 4.69) is 5.32 Å². The number of nitro benzene ring substituents is 1. The van der Waals surface area contributed by atoms with Crippen LogP contribution in [-0.2, 0) is 9.53 Å². The number of nitro groups is 1. The van der Waals surface area contributed by atoms with Crippen molar-refractivity contribution in [1.29, 1.82) is 0 Å². The van der Waals surface area contributed by atoms with Gasteiger partial charge >= 0.3 is 5.97 Å². The molecular weight excluding hydrogens is 344 g/mol. The maximum atomic E-state index is 11.8. The number of carbonyl (C=O) groups is 2. The Balaban J connectivity index is 2.00. The number of ether oxygens (including phenoxy) is 1.